The number of anilines is 1. The molecular weight excluding hydrogens is 432 g/mol. The van der Waals surface area contributed by atoms with Crippen LogP contribution < -0.4 is 11.1 Å². The van der Waals surface area contributed by atoms with Crippen molar-refractivity contribution in [1.29, 1.82) is 0 Å². The maximum absolute atomic E-state index is 12.8. The van der Waals surface area contributed by atoms with E-state index in [0.29, 0.717) is 17.8 Å². The van der Waals surface area contributed by atoms with E-state index in [4.69, 9.17) is 5.73 Å². The summed E-state index contributed by atoms with van der Waals surface area (Å²) < 4.78 is 2.04. The van der Waals surface area contributed by atoms with Crippen LogP contribution in [0.2, 0.25) is 0 Å². The second kappa shape index (κ2) is 8.74. The molecule has 9 nitrogen and oxygen atoms in total. The molecule has 1 saturated heterocycles. The summed E-state index contributed by atoms with van der Waals surface area (Å²) in [6.45, 7) is 1.62. The Hall–Kier alpha value is -4.01. The molecule has 1 saturated carbocycles. The summed E-state index contributed by atoms with van der Waals surface area (Å²) in [6, 6.07) is 7.65. The number of benzene rings is 1. The molecule has 174 valence electrons. The van der Waals surface area contributed by atoms with Crippen molar-refractivity contribution in [2.45, 2.75) is 25.2 Å². The Balaban J connectivity index is 1.52. The Morgan fingerprint density at radius 3 is 2.59 bits per heavy atom. The zero-order valence-electron chi connectivity index (χ0n) is 18.9. The fourth-order valence-electron chi connectivity index (χ4n) is 4.96. The van der Waals surface area contributed by atoms with Crippen LogP contribution in [-0.2, 0) is 16.6 Å². The maximum Gasteiger partial charge on any atom is 0.253 e. The van der Waals surface area contributed by atoms with Gasteiger partial charge in [0, 0.05) is 42.9 Å². The Kier molecular flexibility index (Phi) is 5.61. The van der Waals surface area contributed by atoms with Crippen molar-refractivity contribution in [3.05, 3.63) is 54.0 Å². The molecule has 2 atom stereocenters. The van der Waals surface area contributed by atoms with Crippen LogP contribution in [-0.4, -0.2) is 50.7 Å². The zero-order valence-corrected chi connectivity index (χ0v) is 18.9. The molecule has 0 radical (unpaired) electrons. The number of fused-ring (bicyclic) bond motifs is 1. The number of aromatic nitrogens is 3. The first kappa shape index (κ1) is 21.8. The van der Waals surface area contributed by atoms with E-state index >= 15 is 0 Å². The lowest BCUT2D eigenvalue weighted by atomic mass is 9.98. The van der Waals surface area contributed by atoms with Gasteiger partial charge < -0.3 is 15.2 Å². The van der Waals surface area contributed by atoms with Crippen LogP contribution in [0.1, 0.15) is 41.2 Å². The van der Waals surface area contributed by atoms with Crippen molar-refractivity contribution in [2.75, 3.05) is 18.8 Å². The predicted molar refractivity (Wildman–Crippen MR) is 128 cm³/mol. The van der Waals surface area contributed by atoms with E-state index in [2.05, 4.69) is 15.3 Å². The Morgan fingerprint density at radius 1 is 1.15 bits per heavy atom. The Labute approximate surface area is 196 Å². The van der Waals surface area contributed by atoms with Gasteiger partial charge in [0.15, 0.2) is 0 Å². The fraction of sp³-hybridized carbons (Fsp3) is 0.320. The SMILES string of the molecule is Cn1c([C@@H]2C[C@@H]2C=CC(=O)NC=O)c(-c2ccc(C(=O)N3CCCC3)cc2)c2c(N)ncnc21. The molecule has 3 aromatic rings. The van der Waals surface area contributed by atoms with Crippen LogP contribution >= 0.6 is 0 Å². The summed E-state index contributed by atoms with van der Waals surface area (Å²) in [4.78, 5) is 45.5. The molecule has 2 aliphatic rings. The summed E-state index contributed by atoms with van der Waals surface area (Å²) in [5.74, 6) is 0.346. The average Bonchev–Trinajstić information content (AvgIpc) is 3.24. The van der Waals surface area contributed by atoms with Crippen molar-refractivity contribution in [1.82, 2.24) is 24.8 Å². The lowest BCUT2D eigenvalue weighted by Crippen LogP contribution is -2.27. The molecule has 3 heterocycles. The molecule has 1 aromatic carbocycles. The summed E-state index contributed by atoms with van der Waals surface area (Å²) in [5, 5.41) is 2.90. The fourth-order valence-corrected chi connectivity index (χ4v) is 4.96. The lowest BCUT2D eigenvalue weighted by Gasteiger charge is -2.15. The molecule has 1 aliphatic heterocycles. The molecular formula is C25H26N6O3. The van der Waals surface area contributed by atoms with E-state index < -0.39 is 5.91 Å². The van der Waals surface area contributed by atoms with Crippen molar-refractivity contribution in [3.8, 4) is 11.1 Å². The van der Waals surface area contributed by atoms with E-state index in [9.17, 15) is 14.4 Å². The van der Waals surface area contributed by atoms with Gasteiger partial charge in [-0.15, -0.1) is 0 Å². The van der Waals surface area contributed by atoms with Gasteiger partial charge in [-0.05, 0) is 49.0 Å². The predicted octanol–water partition coefficient (Wildman–Crippen LogP) is 2.39. The largest absolute Gasteiger partial charge is 0.383 e. The number of allylic oxidation sites excluding steroid dienone is 1. The van der Waals surface area contributed by atoms with Crippen molar-refractivity contribution >= 4 is 35.1 Å². The quantitative estimate of drug-likeness (QED) is 0.432. The number of hydrogen-bond donors (Lipinski definition) is 2. The number of imide groups is 1. The number of hydrogen-bond acceptors (Lipinski definition) is 6. The Morgan fingerprint density at radius 2 is 1.88 bits per heavy atom. The number of nitrogen functional groups attached to an aromatic ring is 1. The molecule has 3 amide bonds. The summed E-state index contributed by atoms with van der Waals surface area (Å²) in [6.07, 6.45) is 8.02. The molecule has 3 N–H and O–H groups in total. The molecule has 34 heavy (non-hydrogen) atoms. The molecule has 2 fully saturated rings. The van der Waals surface area contributed by atoms with Crippen molar-refractivity contribution < 1.29 is 14.4 Å². The van der Waals surface area contributed by atoms with Crippen LogP contribution in [0, 0.1) is 5.92 Å². The number of nitrogens with zero attached hydrogens (tertiary/aromatic N) is 4. The van der Waals surface area contributed by atoms with Crippen LogP contribution in [0.3, 0.4) is 0 Å². The molecule has 1 aliphatic carbocycles. The first-order valence-electron chi connectivity index (χ1n) is 11.4. The highest BCUT2D eigenvalue weighted by Crippen LogP contribution is 2.53. The Bertz CT molecular complexity index is 1300. The minimum atomic E-state index is -0.439. The van der Waals surface area contributed by atoms with E-state index in [0.717, 1.165) is 60.2 Å². The number of nitrogens with one attached hydrogen (secondary N) is 1. The van der Waals surface area contributed by atoms with E-state index in [1.54, 1.807) is 0 Å². The van der Waals surface area contributed by atoms with Gasteiger partial charge in [-0.1, -0.05) is 18.2 Å². The van der Waals surface area contributed by atoms with Gasteiger partial charge in [-0.3, -0.25) is 19.7 Å². The van der Waals surface area contributed by atoms with Gasteiger partial charge in [-0.2, -0.15) is 0 Å². The number of aryl methyl sites for hydroxylation is 1. The molecule has 0 unspecified atom stereocenters. The van der Waals surface area contributed by atoms with Crippen LogP contribution in [0.5, 0.6) is 0 Å². The number of carbonyl (C=O) groups is 3. The lowest BCUT2D eigenvalue weighted by molar-refractivity contribution is -0.121. The van der Waals surface area contributed by atoms with Crippen LogP contribution in [0.15, 0.2) is 42.7 Å². The molecule has 0 bridgehead atoms. The smallest absolute Gasteiger partial charge is 0.253 e. The number of carbonyl (C=O) groups excluding carboxylic acids is 3. The second-order valence-electron chi connectivity index (χ2n) is 8.85. The third-order valence-corrected chi connectivity index (χ3v) is 6.74. The van der Waals surface area contributed by atoms with E-state index in [1.807, 2.05) is 46.9 Å². The van der Waals surface area contributed by atoms with Gasteiger partial charge in [-0.25, -0.2) is 9.97 Å². The van der Waals surface area contributed by atoms with Crippen LogP contribution in [0.4, 0.5) is 5.82 Å². The summed E-state index contributed by atoms with van der Waals surface area (Å²) in [7, 11) is 1.96. The van der Waals surface area contributed by atoms with Gasteiger partial charge >= 0.3 is 0 Å². The summed E-state index contributed by atoms with van der Waals surface area (Å²) in [5.41, 5.74) is 10.7. The van der Waals surface area contributed by atoms with E-state index in [-0.39, 0.29) is 17.7 Å². The molecule has 0 spiro atoms. The molecule has 9 heteroatoms. The van der Waals surface area contributed by atoms with Gasteiger partial charge in [0.25, 0.3) is 5.91 Å². The minimum Gasteiger partial charge on any atom is -0.383 e. The maximum atomic E-state index is 12.8. The normalized spacial score (nSPS) is 19.6. The number of amides is 3. The van der Waals surface area contributed by atoms with E-state index in [1.165, 1.54) is 12.4 Å². The minimum absolute atomic E-state index is 0.0611. The molecule has 2 aromatic heterocycles. The standard InChI is InChI=1S/C25H26N6O3/c1-30-22(18-12-17(18)8-9-19(33)29-14-32)20(21-23(26)27-13-28-24(21)30)15-4-6-16(7-5-15)25(34)31-10-2-3-11-31/h4-9,13-14,17-18H,2-3,10-12H2,1H3,(H2,26,27,28)(H,29,32,33)/t17-,18+/m0/s1. The molecule has 5 rings (SSSR count). The average molecular weight is 459 g/mol. The number of likely N-dealkylation sites (tertiary alicyclic amines) is 1. The first-order valence-corrected chi connectivity index (χ1v) is 11.4. The number of nitrogens with two attached hydrogens (primary N) is 1. The van der Waals surface area contributed by atoms with Crippen molar-refractivity contribution in [3.63, 3.8) is 0 Å². The second-order valence-corrected chi connectivity index (χ2v) is 8.85. The third-order valence-electron chi connectivity index (χ3n) is 6.74. The zero-order chi connectivity index (χ0) is 23.8. The highest BCUT2D eigenvalue weighted by molar-refractivity contribution is 6.03. The topological polar surface area (TPSA) is 123 Å². The monoisotopic (exact) mass is 458 g/mol. The summed E-state index contributed by atoms with van der Waals surface area (Å²) >= 11 is 0. The first-order chi connectivity index (χ1) is 16.5. The van der Waals surface area contributed by atoms with Crippen LogP contribution in [0.25, 0.3) is 22.2 Å². The number of rotatable bonds is 6. The van der Waals surface area contributed by atoms with Crippen molar-refractivity contribution in [2.24, 2.45) is 13.0 Å². The highest BCUT2D eigenvalue weighted by atomic mass is 16.2. The van der Waals surface area contributed by atoms with Gasteiger partial charge in [0.1, 0.15) is 17.8 Å². The third kappa shape index (κ3) is 3.83. The van der Waals surface area contributed by atoms with Gasteiger partial charge in [0.05, 0.1) is 5.39 Å². The highest BCUT2D eigenvalue weighted by Gasteiger charge is 2.41. The van der Waals surface area contributed by atoms with Gasteiger partial charge in [0.2, 0.25) is 12.3 Å².